The lowest BCUT2D eigenvalue weighted by Gasteiger charge is -2.33. The number of benzene rings is 1. The van der Waals surface area contributed by atoms with Crippen molar-refractivity contribution in [2.45, 2.75) is 25.7 Å². The largest absolute Gasteiger partial charge is 0.281 e. The number of hydrogen-bond donors (Lipinski definition) is 0. The highest BCUT2D eigenvalue weighted by Crippen LogP contribution is 2.24. The summed E-state index contributed by atoms with van der Waals surface area (Å²) in [5.74, 6) is 0.129. The number of aryl methyl sites for hydroxylation is 1. The molecule has 1 atom stereocenters. The summed E-state index contributed by atoms with van der Waals surface area (Å²) in [6.07, 6.45) is 3.61. The molecule has 1 aromatic rings. The maximum Gasteiger partial charge on any atom is 0.281 e. The summed E-state index contributed by atoms with van der Waals surface area (Å²) in [6.45, 7) is 1.16. The second kappa shape index (κ2) is 6.85. The zero-order chi connectivity index (χ0) is 15.5. The molecule has 1 saturated heterocycles. The van der Waals surface area contributed by atoms with E-state index in [1.165, 1.54) is 10.4 Å². The van der Waals surface area contributed by atoms with Gasteiger partial charge >= 0.3 is 0 Å². The maximum atomic E-state index is 13.1. The van der Waals surface area contributed by atoms with Crippen LogP contribution in [0.1, 0.15) is 24.8 Å². The van der Waals surface area contributed by atoms with Gasteiger partial charge in [0.15, 0.2) is 0 Å². The minimum absolute atomic E-state index is 0.215. The fourth-order valence-corrected chi connectivity index (χ4v) is 3.99. The summed E-state index contributed by atoms with van der Waals surface area (Å²) in [4.78, 5) is 0. The van der Waals surface area contributed by atoms with Crippen LogP contribution in [0.2, 0.25) is 0 Å². The molecule has 21 heavy (non-hydrogen) atoms. The van der Waals surface area contributed by atoms with E-state index in [4.69, 9.17) is 0 Å². The third-order valence-electron chi connectivity index (χ3n) is 4.00. The highest BCUT2D eigenvalue weighted by molar-refractivity contribution is 7.86. The van der Waals surface area contributed by atoms with Gasteiger partial charge in [0, 0.05) is 27.2 Å². The highest BCUT2D eigenvalue weighted by Gasteiger charge is 2.30. The van der Waals surface area contributed by atoms with E-state index < -0.39 is 10.2 Å². The molecule has 0 radical (unpaired) electrons. The molecular weight excluding hydrogens is 291 g/mol. The Hall–Kier alpha value is -0.980. The molecule has 1 aliphatic rings. The van der Waals surface area contributed by atoms with E-state index in [1.807, 2.05) is 6.07 Å². The lowest BCUT2D eigenvalue weighted by molar-refractivity contribution is 0.246. The molecule has 0 unspecified atom stereocenters. The SMILES string of the molecule is CN(C)S(=O)(=O)N1CCC[C@@H](CCc2cccc(F)c2)C1. The molecule has 4 nitrogen and oxygen atoms in total. The summed E-state index contributed by atoms with van der Waals surface area (Å²) in [6, 6.07) is 6.63. The molecule has 1 aromatic carbocycles. The molecule has 1 fully saturated rings. The Balaban J connectivity index is 1.93. The summed E-state index contributed by atoms with van der Waals surface area (Å²) < 4.78 is 40.3. The number of piperidine rings is 1. The Morgan fingerprint density at radius 3 is 2.81 bits per heavy atom. The van der Waals surface area contributed by atoms with E-state index in [0.717, 1.165) is 31.2 Å². The van der Waals surface area contributed by atoms with Crippen LogP contribution in [-0.4, -0.2) is 44.2 Å². The second-order valence-electron chi connectivity index (χ2n) is 5.83. The molecule has 0 aliphatic carbocycles. The Morgan fingerprint density at radius 1 is 1.38 bits per heavy atom. The van der Waals surface area contributed by atoms with Crippen LogP contribution in [0.4, 0.5) is 4.39 Å². The number of halogens is 1. The molecule has 0 N–H and O–H groups in total. The molecule has 0 amide bonds. The van der Waals surface area contributed by atoms with Gasteiger partial charge in [-0.1, -0.05) is 12.1 Å². The molecule has 6 heteroatoms. The van der Waals surface area contributed by atoms with Crippen LogP contribution in [-0.2, 0) is 16.6 Å². The first-order chi connectivity index (χ1) is 9.89. The second-order valence-corrected chi connectivity index (χ2v) is 7.97. The summed E-state index contributed by atoms with van der Waals surface area (Å²) in [7, 11) is -0.193. The number of nitrogens with zero attached hydrogens (tertiary/aromatic N) is 2. The van der Waals surface area contributed by atoms with E-state index in [1.54, 1.807) is 30.5 Å². The van der Waals surface area contributed by atoms with Crippen LogP contribution in [0.25, 0.3) is 0 Å². The Kier molecular flexibility index (Phi) is 5.35. The first-order valence-corrected chi connectivity index (χ1v) is 8.71. The van der Waals surface area contributed by atoms with Gasteiger partial charge < -0.3 is 0 Å². The van der Waals surface area contributed by atoms with Crippen LogP contribution >= 0.6 is 0 Å². The average Bonchev–Trinajstić information content (AvgIpc) is 2.45. The summed E-state index contributed by atoms with van der Waals surface area (Å²) >= 11 is 0. The van der Waals surface area contributed by atoms with Gasteiger partial charge in [-0.15, -0.1) is 0 Å². The van der Waals surface area contributed by atoms with Crippen molar-refractivity contribution in [3.05, 3.63) is 35.6 Å². The molecule has 2 rings (SSSR count). The third kappa shape index (κ3) is 4.25. The van der Waals surface area contributed by atoms with Gasteiger partial charge in [-0.25, -0.2) is 4.39 Å². The maximum absolute atomic E-state index is 13.1. The van der Waals surface area contributed by atoms with Crippen LogP contribution in [0.5, 0.6) is 0 Å². The molecule has 0 bridgehead atoms. The fraction of sp³-hybridized carbons (Fsp3) is 0.600. The highest BCUT2D eigenvalue weighted by atomic mass is 32.2. The normalized spacial score (nSPS) is 20.9. The third-order valence-corrected chi connectivity index (χ3v) is 5.91. The molecule has 1 heterocycles. The van der Waals surface area contributed by atoms with Crippen molar-refractivity contribution in [2.75, 3.05) is 27.2 Å². The van der Waals surface area contributed by atoms with Gasteiger partial charge in [-0.05, 0) is 49.3 Å². The smallest absolute Gasteiger partial charge is 0.207 e. The molecule has 0 spiro atoms. The van der Waals surface area contributed by atoms with Crippen LogP contribution in [0.3, 0.4) is 0 Å². The van der Waals surface area contributed by atoms with Crippen LogP contribution in [0, 0.1) is 11.7 Å². The van der Waals surface area contributed by atoms with Crippen molar-refractivity contribution in [3.8, 4) is 0 Å². The van der Waals surface area contributed by atoms with E-state index in [-0.39, 0.29) is 5.82 Å². The minimum atomic E-state index is -3.32. The van der Waals surface area contributed by atoms with Gasteiger partial charge in [0.1, 0.15) is 5.82 Å². The summed E-state index contributed by atoms with van der Waals surface area (Å²) in [5.41, 5.74) is 0.975. The Morgan fingerprint density at radius 2 is 2.14 bits per heavy atom. The van der Waals surface area contributed by atoms with E-state index in [2.05, 4.69) is 0 Å². The number of hydrogen-bond acceptors (Lipinski definition) is 2. The monoisotopic (exact) mass is 314 g/mol. The quantitative estimate of drug-likeness (QED) is 0.836. The van der Waals surface area contributed by atoms with Gasteiger partial charge in [0.2, 0.25) is 0 Å². The fourth-order valence-electron chi connectivity index (χ4n) is 2.77. The summed E-state index contributed by atoms with van der Waals surface area (Å²) in [5, 5.41) is 0. The Bertz CT molecular complexity index is 575. The van der Waals surface area contributed by atoms with Crippen molar-refractivity contribution in [1.29, 1.82) is 0 Å². The van der Waals surface area contributed by atoms with E-state index in [9.17, 15) is 12.8 Å². The van der Waals surface area contributed by atoms with Gasteiger partial charge in [0.25, 0.3) is 10.2 Å². The molecular formula is C15H23FN2O2S. The average molecular weight is 314 g/mol. The lowest BCUT2D eigenvalue weighted by Crippen LogP contribution is -2.45. The van der Waals surface area contributed by atoms with E-state index >= 15 is 0 Å². The van der Waals surface area contributed by atoms with Crippen molar-refractivity contribution in [2.24, 2.45) is 5.92 Å². The van der Waals surface area contributed by atoms with Crippen molar-refractivity contribution < 1.29 is 12.8 Å². The van der Waals surface area contributed by atoms with Gasteiger partial charge in [0.05, 0.1) is 0 Å². The first kappa shape index (κ1) is 16.4. The van der Waals surface area contributed by atoms with Gasteiger partial charge in [-0.3, -0.25) is 0 Å². The zero-order valence-electron chi connectivity index (χ0n) is 12.6. The van der Waals surface area contributed by atoms with Crippen LogP contribution < -0.4 is 0 Å². The van der Waals surface area contributed by atoms with E-state index in [0.29, 0.717) is 19.0 Å². The predicted octanol–water partition coefficient (Wildman–Crippen LogP) is 2.28. The van der Waals surface area contributed by atoms with Gasteiger partial charge in [-0.2, -0.15) is 17.0 Å². The Labute approximate surface area is 126 Å². The van der Waals surface area contributed by atoms with Crippen molar-refractivity contribution in [1.82, 2.24) is 8.61 Å². The molecule has 0 saturated carbocycles. The molecule has 118 valence electrons. The standard InChI is InChI=1S/C15H23FN2O2S/c1-17(2)21(19,20)18-10-4-6-14(12-18)9-8-13-5-3-7-15(16)11-13/h3,5,7,11,14H,4,6,8-10,12H2,1-2H3/t14-/m0/s1. The first-order valence-electron chi connectivity index (χ1n) is 7.31. The lowest BCUT2D eigenvalue weighted by atomic mass is 9.93. The van der Waals surface area contributed by atoms with Crippen molar-refractivity contribution >= 4 is 10.2 Å². The van der Waals surface area contributed by atoms with Crippen molar-refractivity contribution in [3.63, 3.8) is 0 Å². The minimum Gasteiger partial charge on any atom is -0.207 e. The molecule has 1 aliphatic heterocycles. The van der Waals surface area contributed by atoms with Crippen LogP contribution in [0.15, 0.2) is 24.3 Å². The predicted molar refractivity (Wildman–Crippen MR) is 81.6 cm³/mol. The topological polar surface area (TPSA) is 40.6 Å². The number of rotatable bonds is 5. The molecule has 0 aromatic heterocycles. The zero-order valence-corrected chi connectivity index (χ0v) is 13.4.